The molecule has 0 radical (unpaired) electrons. The van der Waals surface area contributed by atoms with Gasteiger partial charge in [-0.25, -0.2) is 0 Å². The molecule has 2 fully saturated rings. The summed E-state index contributed by atoms with van der Waals surface area (Å²) in [6, 6.07) is 7.66. The molecule has 0 aromatic heterocycles. The Bertz CT molecular complexity index is 607. The standard InChI is InChI=1S/C23H36N2O3/c1-3-28-23(2,19-9-10-19)22(26)24-20-11-13-21(14-12-20)27-18-8-17-25-15-6-4-5-7-16-25/h11-14,19H,3-10,15-18H2,1-2H3,(H,24,26)/t23-/m0/s1. The minimum Gasteiger partial charge on any atom is -0.494 e. The lowest BCUT2D eigenvalue weighted by molar-refractivity contribution is -0.141. The van der Waals surface area contributed by atoms with Gasteiger partial charge in [0.05, 0.1) is 6.61 Å². The maximum atomic E-state index is 12.7. The van der Waals surface area contributed by atoms with Crippen LogP contribution in [0.4, 0.5) is 5.69 Å². The molecule has 1 aromatic carbocycles. The molecule has 1 aliphatic heterocycles. The third-order valence-electron chi connectivity index (χ3n) is 5.95. The van der Waals surface area contributed by atoms with Crippen LogP contribution < -0.4 is 10.1 Å². The van der Waals surface area contributed by atoms with Crippen molar-refractivity contribution < 1.29 is 14.3 Å². The summed E-state index contributed by atoms with van der Waals surface area (Å²) < 4.78 is 11.7. The number of anilines is 1. The minimum atomic E-state index is -0.725. The lowest BCUT2D eigenvalue weighted by Crippen LogP contribution is -2.44. The Morgan fingerprint density at radius 3 is 2.43 bits per heavy atom. The van der Waals surface area contributed by atoms with Crippen LogP contribution in [0.5, 0.6) is 5.75 Å². The molecule has 2 aliphatic rings. The fourth-order valence-electron chi connectivity index (χ4n) is 4.03. The molecule has 28 heavy (non-hydrogen) atoms. The highest BCUT2D eigenvalue weighted by molar-refractivity contribution is 5.97. The summed E-state index contributed by atoms with van der Waals surface area (Å²) in [7, 11) is 0. The van der Waals surface area contributed by atoms with E-state index in [1.807, 2.05) is 38.1 Å². The van der Waals surface area contributed by atoms with Gasteiger partial charge in [0.15, 0.2) is 0 Å². The SMILES string of the molecule is CCO[C@](C)(C(=O)Nc1ccc(OCCCN2CCCCCC2)cc1)C1CC1. The molecular formula is C23H36N2O3. The smallest absolute Gasteiger partial charge is 0.256 e. The third kappa shape index (κ3) is 5.95. The van der Waals surface area contributed by atoms with Crippen molar-refractivity contribution in [3.05, 3.63) is 24.3 Å². The van der Waals surface area contributed by atoms with E-state index in [2.05, 4.69) is 10.2 Å². The number of benzene rings is 1. The predicted molar refractivity (Wildman–Crippen MR) is 113 cm³/mol. The van der Waals surface area contributed by atoms with Crippen LogP contribution in [0.2, 0.25) is 0 Å². The molecule has 5 nitrogen and oxygen atoms in total. The second kappa shape index (κ2) is 10.3. The van der Waals surface area contributed by atoms with E-state index in [-0.39, 0.29) is 5.91 Å². The van der Waals surface area contributed by atoms with Gasteiger partial charge < -0.3 is 19.7 Å². The van der Waals surface area contributed by atoms with Gasteiger partial charge >= 0.3 is 0 Å². The first kappa shape index (κ1) is 21.1. The zero-order valence-corrected chi connectivity index (χ0v) is 17.5. The summed E-state index contributed by atoms with van der Waals surface area (Å²) in [6.07, 6.45) is 8.59. The lowest BCUT2D eigenvalue weighted by atomic mass is 9.99. The summed E-state index contributed by atoms with van der Waals surface area (Å²) >= 11 is 0. The molecule has 1 aliphatic carbocycles. The van der Waals surface area contributed by atoms with E-state index in [0.29, 0.717) is 12.5 Å². The van der Waals surface area contributed by atoms with Crippen molar-refractivity contribution in [1.82, 2.24) is 4.90 Å². The van der Waals surface area contributed by atoms with Gasteiger partial charge in [0.2, 0.25) is 0 Å². The fourth-order valence-corrected chi connectivity index (χ4v) is 4.03. The Labute approximate surface area is 169 Å². The van der Waals surface area contributed by atoms with Crippen molar-refractivity contribution >= 4 is 11.6 Å². The molecule has 1 aromatic rings. The van der Waals surface area contributed by atoms with Gasteiger partial charge in [0.1, 0.15) is 11.4 Å². The number of nitrogens with one attached hydrogen (secondary N) is 1. The Morgan fingerprint density at radius 2 is 1.82 bits per heavy atom. The van der Waals surface area contributed by atoms with Crippen molar-refractivity contribution in [2.45, 2.75) is 64.4 Å². The van der Waals surface area contributed by atoms with Gasteiger partial charge in [-0.1, -0.05) is 12.8 Å². The number of hydrogen-bond donors (Lipinski definition) is 1. The number of nitrogens with zero attached hydrogens (tertiary/aromatic N) is 1. The molecule has 156 valence electrons. The van der Waals surface area contributed by atoms with Crippen LogP contribution in [0.3, 0.4) is 0 Å². The minimum absolute atomic E-state index is 0.0528. The Hall–Kier alpha value is -1.59. The first-order valence-corrected chi connectivity index (χ1v) is 11.0. The van der Waals surface area contributed by atoms with E-state index in [1.54, 1.807) is 0 Å². The molecule has 0 bridgehead atoms. The summed E-state index contributed by atoms with van der Waals surface area (Å²) in [5, 5.41) is 3.01. The quantitative estimate of drug-likeness (QED) is 0.601. The number of rotatable bonds is 10. The van der Waals surface area contributed by atoms with Crippen LogP contribution in [0.25, 0.3) is 0 Å². The van der Waals surface area contributed by atoms with Crippen molar-refractivity contribution in [2.75, 3.05) is 38.2 Å². The van der Waals surface area contributed by atoms with Crippen LogP contribution in [-0.4, -0.2) is 49.3 Å². The first-order chi connectivity index (χ1) is 13.6. The molecular weight excluding hydrogens is 352 g/mol. The topological polar surface area (TPSA) is 50.8 Å². The van der Waals surface area contributed by atoms with Gasteiger partial charge in [-0.2, -0.15) is 0 Å². The second-order valence-corrected chi connectivity index (χ2v) is 8.25. The molecule has 1 amide bonds. The fraction of sp³-hybridized carbons (Fsp3) is 0.696. The summed E-state index contributed by atoms with van der Waals surface area (Å²) in [6.45, 7) is 8.70. The summed E-state index contributed by atoms with van der Waals surface area (Å²) in [5.41, 5.74) is 0.0607. The van der Waals surface area contributed by atoms with E-state index in [1.165, 1.54) is 38.8 Å². The van der Waals surface area contributed by atoms with E-state index >= 15 is 0 Å². The van der Waals surface area contributed by atoms with Gasteiger partial charge in [-0.3, -0.25) is 4.79 Å². The van der Waals surface area contributed by atoms with E-state index in [0.717, 1.165) is 43.9 Å². The van der Waals surface area contributed by atoms with Gasteiger partial charge in [-0.05, 0) is 89.2 Å². The first-order valence-electron chi connectivity index (χ1n) is 11.0. The van der Waals surface area contributed by atoms with Crippen LogP contribution in [0, 0.1) is 5.92 Å². The van der Waals surface area contributed by atoms with Crippen molar-refractivity contribution in [3.8, 4) is 5.75 Å². The third-order valence-corrected chi connectivity index (χ3v) is 5.95. The molecule has 1 saturated carbocycles. The Morgan fingerprint density at radius 1 is 1.14 bits per heavy atom. The molecule has 1 N–H and O–H groups in total. The average Bonchev–Trinajstić information content (AvgIpc) is 3.54. The van der Waals surface area contributed by atoms with Gasteiger partial charge in [0, 0.05) is 18.8 Å². The van der Waals surface area contributed by atoms with E-state index in [9.17, 15) is 4.79 Å². The molecule has 0 spiro atoms. The Kier molecular flexibility index (Phi) is 7.74. The number of carbonyl (C=O) groups is 1. The van der Waals surface area contributed by atoms with Crippen LogP contribution in [-0.2, 0) is 9.53 Å². The molecule has 0 unspecified atom stereocenters. The normalized spacial score (nSPS) is 20.2. The largest absolute Gasteiger partial charge is 0.494 e. The molecule has 1 saturated heterocycles. The van der Waals surface area contributed by atoms with Crippen molar-refractivity contribution in [2.24, 2.45) is 5.92 Å². The van der Waals surface area contributed by atoms with Crippen molar-refractivity contribution in [1.29, 1.82) is 0 Å². The molecule has 1 atom stereocenters. The predicted octanol–water partition coefficient (Wildman–Crippen LogP) is 4.48. The van der Waals surface area contributed by atoms with E-state index < -0.39 is 5.60 Å². The highest BCUT2D eigenvalue weighted by Crippen LogP contribution is 2.42. The van der Waals surface area contributed by atoms with Crippen LogP contribution in [0.1, 0.15) is 58.8 Å². The zero-order valence-electron chi connectivity index (χ0n) is 17.5. The van der Waals surface area contributed by atoms with Gasteiger partial charge in [-0.15, -0.1) is 0 Å². The maximum Gasteiger partial charge on any atom is 0.256 e. The Balaban J connectivity index is 1.41. The number of likely N-dealkylation sites (tertiary alicyclic amines) is 1. The highest BCUT2D eigenvalue weighted by Gasteiger charge is 2.48. The molecule has 3 rings (SSSR count). The molecule has 1 heterocycles. The van der Waals surface area contributed by atoms with Crippen molar-refractivity contribution in [3.63, 3.8) is 0 Å². The van der Waals surface area contributed by atoms with E-state index in [4.69, 9.17) is 9.47 Å². The lowest BCUT2D eigenvalue weighted by Gasteiger charge is -2.28. The maximum absolute atomic E-state index is 12.7. The highest BCUT2D eigenvalue weighted by atomic mass is 16.5. The number of ether oxygens (including phenoxy) is 2. The molecule has 5 heteroatoms. The van der Waals surface area contributed by atoms with Crippen LogP contribution in [0.15, 0.2) is 24.3 Å². The number of carbonyl (C=O) groups excluding carboxylic acids is 1. The monoisotopic (exact) mass is 388 g/mol. The van der Waals surface area contributed by atoms with Gasteiger partial charge in [0.25, 0.3) is 5.91 Å². The zero-order chi connectivity index (χ0) is 19.8. The summed E-state index contributed by atoms with van der Waals surface area (Å²) in [5.74, 6) is 1.13. The summed E-state index contributed by atoms with van der Waals surface area (Å²) in [4.78, 5) is 15.3. The number of hydrogen-bond acceptors (Lipinski definition) is 4. The second-order valence-electron chi connectivity index (χ2n) is 8.25. The van der Waals surface area contributed by atoms with Crippen LogP contribution >= 0.6 is 0 Å². The average molecular weight is 389 g/mol. The number of amides is 1.